The first-order chi connectivity index (χ1) is 6.69. The largest absolute Gasteiger partial charge is 0.478 e. The lowest BCUT2D eigenvalue weighted by molar-refractivity contribution is 0.0694. The second-order valence-corrected chi connectivity index (χ2v) is 2.74. The maximum atomic E-state index is 10.7. The highest BCUT2D eigenvalue weighted by Crippen LogP contribution is 2.08. The minimum absolute atomic E-state index is 0.175. The second-order valence-electron chi connectivity index (χ2n) is 2.74. The maximum absolute atomic E-state index is 10.7. The molecule has 0 aliphatic carbocycles. The molecule has 0 spiro atoms. The van der Waals surface area contributed by atoms with E-state index in [1.807, 2.05) is 13.8 Å². The van der Waals surface area contributed by atoms with Crippen LogP contribution in [0.2, 0.25) is 0 Å². The lowest BCUT2D eigenvalue weighted by atomic mass is 10.2. The summed E-state index contributed by atoms with van der Waals surface area (Å²) < 4.78 is 0. The average molecular weight is 195 g/mol. The molecule has 2 N–H and O–H groups in total. The Balaban J connectivity index is 3.05. The summed E-state index contributed by atoms with van der Waals surface area (Å²) in [5, 5.41) is 11.8. The fourth-order valence-electron chi connectivity index (χ4n) is 1.11. The summed E-state index contributed by atoms with van der Waals surface area (Å²) in [6, 6.07) is 0. The van der Waals surface area contributed by atoms with E-state index in [4.69, 9.17) is 5.11 Å². The number of aromatic carboxylic acids is 1. The molecule has 0 radical (unpaired) electrons. The van der Waals surface area contributed by atoms with Gasteiger partial charge in [-0.05, 0) is 13.3 Å². The van der Waals surface area contributed by atoms with Crippen LogP contribution in [0, 0.1) is 0 Å². The van der Waals surface area contributed by atoms with Crippen molar-refractivity contribution in [1.29, 1.82) is 0 Å². The number of aryl methyl sites for hydroxylation is 1. The van der Waals surface area contributed by atoms with Gasteiger partial charge in [0.15, 0.2) is 0 Å². The molecule has 14 heavy (non-hydrogen) atoms. The minimum atomic E-state index is -0.982. The summed E-state index contributed by atoms with van der Waals surface area (Å²) in [5.74, 6) is -0.501. The third-order valence-electron chi connectivity index (χ3n) is 1.77. The van der Waals surface area contributed by atoms with Gasteiger partial charge >= 0.3 is 5.97 Å². The molecule has 0 saturated heterocycles. The molecule has 1 aromatic heterocycles. The van der Waals surface area contributed by atoms with Crippen LogP contribution < -0.4 is 5.32 Å². The Hall–Kier alpha value is -1.65. The van der Waals surface area contributed by atoms with E-state index in [2.05, 4.69) is 15.3 Å². The van der Waals surface area contributed by atoms with Crippen molar-refractivity contribution in [3.8, 4) is 0 Å². The quantitative estimate of drug-likeness (QED) is 0.754. The van der Waals surface area contributed by atoms with Crippen LogP contribution in [0.3, 0.4) is 0 Å². The summed E-state index contributed by atoms with van der Waals surface area (Å²) in [4.78, 5) is 18.7. The number of aromatic nitrogens is 2. The lowest BCUT2D eigenvalue weighted by Crippen LogP contribution is -2.09. The molecule has 0 unspecified atom stereocenters. The predicted octanol–water partition coefficient (Wildman–Crippen LogP) is 1.17. The molecule has 0 saturated carbocycles. The van der Waals surface area contributed by atoms with Crippen molar-refractivity contribution in [1.82, 2.24) is 9.97 Å². The van der Waals surface area contributed by atoms with Crippen LogP contribution in [0.15, 0.2) is 6.20 Å². The Bertz CT molecular complexity index is 339. The smallest absolute Gasteiger partial charge is 0.339 e. The Morgan fingerprint density at radius 3 is 2.79 bits per heavy atom. The fraction of sp³-hybridized carbons (Fsp3) is 0.444. The number of rotatable bonds is 4. The number of hydrogen-bond acceptors (Lipinski definition) is 4. The van der Waals surface area contributed by atoms with Crippen LogP contribution in [0.4, 0.5) is 5.95 Å². The fourth-order valence-corrected chi connectivity index (χ4v) is 1.11. The zero-order valence-corrected chi connectivity index (χ0v) is 8.24. The number of nitrogens with zero attached hydrogens (tertiary/aromatic N) is 2. The van der Waals surface area contributed by atoms with Gasteiger partial charge in [-0.25, -0.2) is 14.8 Å². The molecule has 0 aliphatic heterocycles. The zero-order valence-electron chi connectivity index (χ0n) is 8.24. The van der Waals surface area contributed by atoms with Crippen molar-refractivity contribution in [3.05, 3.63) is 17.5 Å². The monoisotopic (exact) mass is 195 g/mol. The van der Waals surface area contributed by atoms with Gasteiger partial charge in [0, 0.05) is 12.7 Å². The van der Waals surface area contributed by atoms with Crippen LogP contribution >= 0.6 is 0 Å². The van der Waals surface area contributed by atoms with Crippen LogP contribution in [-0.2, 0) is 6.42 Å². The van der Waals surface area contributed by atoms with E-state index >= 15 is 0 Å². The molecule has 5 nitrogen and oxygen atoms in total. The van der Waals surface area contributed by atoms with Crippen LogP contribution in [0.5, 0.6) is 0 Å². The molecule has 0 aromatic carbocycles. The lowest BCUT2D eigenvalue weighted by Gasteiger charge is -2.05. The average Bonchev–Trinajstić information content (AvgIpc) is 2.17. The van der Waals surface area contributed by atoms with E-state index in [-0.39, 0.29) is 5.56 Å². The molecule has 0 bridgehead atoms. The summed E-state index contributed by atoms with van der Waals surface area (Å²) in [7, 11) is 0. The van der Waals surface area contributed by atoms with Gasteiger partial charge in [0.2, 0.25) is 5.95 Å². The van der Waals surface area contributed by atoms with E-state index in [0.717, 1.165) is 6.54 Å². The topological polar surface area (TPSA) is 75.1 Å². The molecular weight excluding hydrogens is 182 g/mol. The van der Waals surface area contributed by atoms with E-state index in [1.165, 1.54) is 6.20 Å². The zero-order chi connectivity index (χ0) is 10.6. The van der Waals surface area contributed by atoms with Crippen molar-refractivity contribution in [2.24, 2.45) is 0 Å². The molecule has 0 atom stereocenters. The van der Waals surface area contributed by atoms with Gasteiger partial charge in [-0.15, -0.1) is 0 Å². The third kappa shape index (κ3) is 2.18. The van der Waals surface area contributed by atoms with Crippen molar-refractivity contribution in [2.45, 2.75) is 20.3 Å². The molecule has 1 heterocycles. The Morgan fingerprint density at radius 2 is 2.29 bits per heavy atom. The van der Waals surface area contributed by atoms with Crippen LogP contribution in [0.1, 0.15) is 29.9 Å². The number of carboxylic acids is 1. The highest BCUT2D eigenvalue weighted by molar-refractivity contribution is 5.88. The molecule has 76 valence electrons. The Kier molecular flexibility index (Phi) is 3.39. The highest BCUT2D eigenvalue weighted by Gasteiger charge is 2.11. The molecule has 1 aromatic rings. The second kappa shape index (κ2) is 4.55. The van der Waals surface area contributed by atoms with Gasteiger partial charge < -0.3 is 10.4 Å². The van der Waals surface area contributed by atoms with Crippen LogP contribution in [0.25, 0.3) is 0 Å². The Labute approximate surface area is 82.2 Å². The SMILES string of the molecule is CCNc1ncc(C(=O)O)c(CC)n1. The first-order valence-electron chi connectivity index (χ1n) is 4.52. The van der Waals surface area contributed by atoms with Crippen LogP contribution in [-0.4, -0.2) is 27.6 Å². The molecule has 0 aliphatic rings. The van der Waals surface area contributed by atoms with Gasteiger partial charge in [0.1, 0.15) is 0 Å². The van der Waals surface area contributed by atoms with E-state index < -0.39 is 5.97 Å². The molecule has 0 amide bonds. The minimum Gasteiger partial charge on any atom is -0.478 e. The number of anilines is 1. The van der Waals surface area contributed by atoms with E-state index in [0.29, 0.717) is 18.1 Å². The van der Waals surface area contributed by atoms with Gasteiger partial charge in [-0.3, -0.25) is 0 Å². The summed E-state index contributed by atoms with van der Waals surface area (Å²) >= 11 is 0. The molecule has 1 rings (SSSR count). The van der Waals surface area contributed by atoms with Crippen molar-refractivity contribution in [2.75, 3.05) is 11.9 Å². The van der Waals surface area contributed by atoms with E-state index in [1.54, 1.807) is 0 Å². The third-order valence-corrected chi connectivity index (χ3v) is 1.77. The van der Waals surface area contributed by atoms with Crippen molar-refractivity contribution < 1.29 is 9.90 Å². The number of carboxylic acid groups (broad SMARTS) is 1. The maximum Gasteiger partial charge on any atom is 0.339 e. The van der Waals surface area contributed by atoms with Crippen molar-refractivity contribution >= 4 is 11.9 Å². The molecule has 5 heteroatoms. The first-order valence-corrected chi connectivity index (χ1v) is 4.52. The van der Waals surface area contributed by atoms with Gasteiger partial charge in [-0.1, -0.05) is 6.92 Å². The predicted molar refractivity (Wildman–Crippen MR) is 52.5 cm³/mol. The van der Waals surface area contributed by atoms with Gasteiger partial charge in [-0.2, -0.15) is 0 Å². The Morgan fingerprint density at radius 1 is 1.57 bits per heavy atom. The number of nitrogens with one attached hydrogen (secondary N) is 1. The normalized spacial score (nSPS) is 9.86. The van der Waals surface area contributed by atoms with Gasteiger partial charge in [0.05, 0.1) is 11.3 Å². The molecular formula is C9H13N3O2. The summed E-state index contributed by atoms with van der Waals surface area (Å²) in [5.41, 5.74) is 0.734. The summed E-state index contributed by atoms with van der Waals surface area (Å²) in [6.45, 7) is 4.51. The first kappa shape index (κ1) is 10.4. The highest BCUT2D eigenvalue weighted by atomic mass is 16.4. The number of carbonyl (C=O) groups is 1. The standard InChI is InChI=1S/C9H13N3O2/c1-3-7-6(8(13)14)5-11-9(12-7)10-4-2/h5H,3-4H2,1-2H3,(H,13,14)(H,10,11,12). The number of hydrogen-bond donors (Lipinski definition) is 2. The van der Waals surface area contributed by atoms with E-state index in [9.17, 15) is 4.79 Å². The van der Waals surface area contributed by atoms with Crippen molar-refractivity contribution in [3.63, 3.8) is 0 Å². The molecule has 0 fully saturated rings. The van der Waals surface area contributed by atoms with Gasteiger partial charge in [0.25, 0.3) is 0 Å². The summed E-state index contributed by atoms with van der Waals surface area (Å²) in [6.07, 6.45) is 1.93.